The van der Waals surface area contributed by atoms with Crippen molar-refractivity contribution in [2.24, 2.45) is 5.41 Å². The minimum Gasteiger partial charge on any atom is -0.465 e. The zero-order valence-corrected chi connectivity index (χ0v) is 19.8. The first kappa shape index (κ1) is 24.1. The number of halogens is 2. The lowest BCUT2D eigenvalue weighted by atomic mass is 9.91. The molecule has 32 heavy (non-hydrogen) atoms. The van der Waals surface area contributed by atoms with Gasteiger partial charge in [0.2, 0.25) is 5.91 Å². The largest absolute Gasteiger partial charge is 0.465 e. The summed E-state index contributed by atoms with van der Waals surface area (Å²) >= 11 is 0.865. The van der Waals surface area contributed by atoms with E-state index < -0.39 is 27.6 Å². The number of sulfonamides is 1. The molecule has 2 aromatic rings. The standard InChI is InChI=1S/C21H24F2N2O5S2/c1-21(2,3)10-17(26)25-8-7-13-16(11-25)31-20(18(13)19(27)30-4)32(28,29)24-12-5-6-14(22)15(23)9-12/h5-6,9,24H,7-8,10-11H2,1-4H3. The summed E-state index contributed by atoms with van der Waals surface area (Å²) in [5, 5.41) is 0. The van der Waals surface area contributed by atoms with Crippen molar-refractivity contribution in [3.05, 3.63) is 45.8 Å². The first-order chi connectivity index (χ1) is 14.8. The Balaban J connectivity index is 1.97. The fraction of sp³-hybridized carbons (Fsp3) is 0.429. The van der Waals surface area contributed by atoms with Crippen LogP contribution in [-0.4, -0.2) is 38.8 Å². The molecule has 11 heteroatoms. The van der Waals surface area contributed by atoms with E-state index in [1.54, 1.807) is 4.90 Å². The van der Waals surface area contributed by atoms with Gasteiger partial charge in [0.25, 0.3) is 10.0 Å². The zero-order chi connectivity index (χ0) is 23.8. The number of nitrogens with one attached hydrogen (secondary N) is 1. The van der Waals surface area contributed by atoms with E-state index in [9.17, 15) is 26.8 Å². The molecule has 2 heterocycles. The Morgan fingerprint density at radius 2 is 1.91 bits per heavy atom. The van der Waals surface area contributed by atoms with Crippen LogP contribution in [0.1, 0.15) is 48.0 Å². The van der Waals surface area contributed by atoms with Gasteiger partial charge in [0, 0.05) is 23.9 Å². The van der Waals surface area contributed by atoms with Crippen molar-refractivity contribution in [2.45, 2.75) is 44.4 Å². The van der Waals surface area contributed by atoms with Crippen LogP contribution in [0.15, 0.2) is 22.4 Å². The second kappa shape index (κ2) is 8.78. The van der Waals surface area contributed by atoms with E-state index in [1.807, 2.05) is 20.8 Å². The summed E-state index contributed by atoms with van der Waals surface area (Å²) in [5.74, 6) is -3.20. The molecule has 1 amide bonds. The minimum absolute atomic E-state index is 0.0551. The van der Waals surface area contributed by atoms with Crippen molar-refractivity contribution < 1.29 is 31.5 Å². The van der Waals surface area contributed by atoms with Crippen LogP contribution in [0.5, 0.6) is 0 Å². The molecule has 0 spiro atoms. The van der Waals surface area contributed by atoms with E-state index in [1.165, 1.54) is 0 Å². The topological polar surface area (TPSA) is 92.8 Å². The maximum atomic E-state index is 13.5. The van der Waals surface area contributed by atoms with Crippen LogP contribution in [0.3, 0.4) is 0 Å². The fourth-order valence-electron chi connectivity index (χ4n) is 3.42. The summed E-state index contributed by atoms with van der Waals surface area (Å²) < 4.78 is 59.5. The lowest BCUT2D eigenvalue weighted by Crippen LogP contribution is -2.37. The Labute approximate surface area is 189 Å². The molecule has 1 aliphatic rings. The number of hydrogen-bond donors (Lipinski definition) is 1. The molecular formula is C21H24F2N2O5S2. The third-order valence-electron chi connectivity index (χ3n) is 4.86. The van der Waals surface area contributed by atoms with Crippen molar-refractivity contribution >= 4 is 38.9 Å². The number of benzene rings is 1. The van der Waals surface area contributed by atoms with Crippen LogP contribution in [-0.2, 0) is 32.5 Å². The summed E-state index contributed by atoms with van der Waals surface area (Å²) in [6.07, 6.45) is 0.632. The quantitative estimate of drug-likeness (QED) is 0.647. The van der Waals surface area contributed by atoms with E-state index in [-0.39, 0.29) is 33.3 Å². The number of fused-ring (bicyclic) bond motifs is 1. The van der Waals surface area contributed by atoms with Crippen molar-refractivity contribution in [3.63, 3.8) is 0 Å². The third kappa shape index (κ3) is 5.09. The zero-order valence-electron chi connectivity index (χ0n) is 18.1. The van der Waals surface area contributed by atoms with Crippen LogP contribution < -0.4 is 4.72 Å². The highest BCUT2D eigenvalue weighted by Crippen LogP contribution is 2.38. The van der Waals surface area contributed by atoms with Crippen LogP contribution in [0, 0.1) is 17.0 Å². The Morgan fingerprint density at radius 1 is 1.22 bits per heavy atom. The molecule has 3 rings (SSSR count). The van der Waals surface area contributed by atoms with Gasteiger partial charge in [0.15, 0.2) is 15.8 Å². The van der Waals surface area contributed by atoms with E-state index >= 15 is 0 Å². The molecule has 0 fully saturated rings. The Bertz CT molecular complexity index is 1170. The van der Waals surface area contributed by atoms with Gasteiger partial charge < -0.3 is 9.64 Å². The second-order valence-electron chi connectivity index (χ2n) is 8.69. The number of amides is 1. The molecule has 0 radical (unpaired) electrons. The summed E-state index contributed by atoms with van der Waals surface area (Å²) in [6, 6.07) is 2.59. The van der Waals surface area contributed by atoms with Gasteiger partial charge in [-0.3, -0.25) is 9.52 Å². The van der Waals surface area contributed by atoms with Crippen molar-refractivity contribution in [1.82, 2.24) is 4.90 Å². The van der Waals surface area contributed by atoms with Crippen molar-refractivity contribution in [2.75, 3.05) is 18.4 Å². The van der Waals surface area contributed by atoms with Gasteiger partial charge in [0.05, 0.1) is 24.9 Å². The number of hydrogen-bond acceptors (Lipinski definition) is 6. The highest BCUT2D eigenvalue weighted by molar-refractivity contribution is 7.94. The van der Waals surface area contributed by atoms with Gasteiger partial charge >= 0.3 is 5.97 Å². The lowest BCUT2D eigenvalue weighted by Gasteiger charge is -2.30. The monoisotopic (exact) mass is 486 g/mol. The number of esters is 1. The fourth-order valence-corrected chi connectivity index (χ4v) is 6.37. The average Bonchev–Trinajstić information content (AvgIpc) is 3.08. The first-order valence-electron chi connectivity index (χ1n) is 9.81. The summed E-state index contributed by atoms with van der Waals surface area (Å²) in [5.41, 5.74) is 0.0400. The van der Waals surface area contributed by atoms with Crippen LogP contribution in [0.25, 0.3) is 0 Å². The maximum Gasteiger partial charge on any atom is 0.340 e. The number of thiophene rings is 1. The molecule has 0 saturated carbocycles. The normalized spacial score (nSPS) is 14.1. The van der Waals surface area contributed by atoms with Gasteiger partial charge in [-0.1, -0.05) is 20.8 Å². The van der Waals surface area contributed by atoms with Gasteiger partial charge in [0.1, 0.15) is 0 Å². The van der Waals surface area contributed by atoms with Gasteiger partial charge in [-0.05, 0) is 29.5 Å². The molecule has 0 aliphatic carbocycles. The summed E-state index contributed by atoms with van der Waals surface area (Å²) in [6.45, 7) is 6.39. The van der Waals surface area contributed by atoms with Crippen molar-refractivity contribution in [3.8, 4) is 0 Å². The van der Waals surface area contributed by atoms with E-state index in [4.69, 9.17) is 4.74 Å². The molecule has 1 aliphatic heterocycles. The van der Waals surface area contributed by atoms with Crippen LogP contribution in [0.4, 0.5) is 14.5 Å². The molecule has 7 nitrogen and oxygen atoms in total. The smallest absolute Gasteiger partial charge is 0.340 e. The minimum atomic E-state index is -4.31. The van der Waals surface area contributed by atoms with Gasteiger partial charge in [-0.2, -0.15) is 0 Å². The summed E-state index contributed by atoms with van der Waals surface area (Å²) in [7, 11) is -3.17. The number of carbonyl (C=O) groups is 2. The lowest BCUT2D eigenvalue weighted by molar-refractivity contribution is -0.133. The summed E-state index contributed by atoms with van der Waals surface area (Å²) in [4.78, 5) is 27.3. The van der Waals surface area contributed by atoms with Gasteiger partial charge in [-0.25, -0.2) is 22.0 Å². The Morgan fingerprint density at radius 3 is 2.50 bits per heavy atom. The molecule has 0 bridgehead atoms. The number of rotatable bonds is 5. The predicted molar refractivity (Wildman–Crippen MR) is 116 cm³/mol. The molecule has 1 aromatic heterocycles. The maximum absolute atomic E-state index is 13.5. The molecule has 1 N–H and O–H groups in total. The molecule has 0 saturated heterocycles. The number of methoxy groups -OCH3 is 1. The highest BCUT2D eigenvalue weighted by Gasteiger charge is 2.35. The first-order valence-corrected chi connectivity index (χ1v) is 12.1. The third-order valence-corrected chi connectivity index (χ3v) is 7.98. The van der Waals surface area contributed by atoms with E-state index in [0.717, 1.165) is 30.6 Å². The Kier molecular flexibility index (Phi) is 6.62. The highest BCUT2D eigenvalue weighted by atomic mass is 32.2. The Hall–Kier alpha value is -2.53. The number of anilines is 1. The van der Waals surface area contributed by atoms with Crippen LogP contribution >= 0.6 is 11.3 Å². The average molecular weight is 487 g/mol. The van der Waals surface area contributed by atoms with Crippen molar-refractivity contribution in [1.29, 1.82) is 0 Å². The van der Waals surface area contributed by atoms with E-state index in [0.29, 0.717) is 35.9 Å². The number of ether oxygens (including phenoxy) is 1. The molecule has 0 unspecified atom stereocenters. The van der Waals surface area contributed by atoms with E-state index in [2.05, 4.69) is 4.72 Å². The molecule has 0 atom stereocenters. The van der Waals surface area contributed by atoms with Gasteiger partial charge in [-0.15, -0.1) is 11.3 Å². The SMILES string of the molecule is COC(=O)c1c(S(=O)(=O)Nc2ccc(F)c(F)c2)sc2c1CCN(C(=O)CC(C)(C)C)C2. The number of carbonyl (C=O) groups excluding carboxylic acids is 2. The molecular weight excluding hydrogens is 462 g/mol. The second-order valence-corrected chi connectivity index (χ2v) is 11.7. The molecule has 174 valence electrons. The van der Waals surface area contributed by atoms with Crippen LogP contribution in [0.2, 0.25) is 0 Å². The molecule has 1 aromatic carbocycles. The number of nitrogens with zero attached hydrogens (tertiary/aromatic N) is 1. The predicted octanol–water partition coefficient (Wildman–Crippen LogP) is 3.93.